The molecule has 0 atom stereocenters. The molecule has 0 spiro atoms. The minimum Gasteiger partial charge on any atom is -0.507 e. The standard InChI is InChI=1S/C9H11NO4.C2H6/c1-3-14-9(13)7-6(11)4-5(2)10-8(7)12;1-2/h4H,3H2,1-2H3,(H2,10,11,12);1-2H3. The summed E-state index contributed by atoms with van der Waals surface area (Å²) in [7, 11) is 0. The maximum atomic E-state index is 11.3. The van der Waals surface area contributed by atoms with Crippen molar-refractivity contribution < 1.29 is 14.6 Å². The van der Waals surface area contributed by atoms with Gasteiger partial charge in [-0.1, -0.05) is 13.8 Å². The first kappa shape index (κ1) is 14.2. The van der Waals surface area contributed by atoms with Crippen LogP contribution in [0.25, 0.3) is 0 Å². The molecule has 0 fully saturated rings. The summed E-state index contributed by atoms with van der Waals surface area (Å²) in [5.74, 6) is -1.17. The van der Waals surface area contributed by atoms with Crippen molar-refractivity contribution in [2.24, 2.45) is 0 Å². The molecule has 0 aliphatic rings. The lowest BCUT2D eigenvalue weighted by Gasteiger charge is -2.03. The van der Waals surface area contributed by atoms with Gasteiger partial charge in [0.15, 0.2) is 5.56 Å². The normalized spacial score (nSPS) is 9.00. The monoisotopic (exact) mass is 227 g/mol. The van der Waals surface area contributed by atoms with E-state index in [9.17, 15) is 14.7 Å². The van der Waals surface area contributed by atoms with Gasteiger partial charge >= 0.3 is 5.97 Å². The summed E-state index contributed by atoms with van der Waals surface area (Å²) in [6.45, 7) is 7.39. The molecule has 1 rings (SSSR count). The summed E-state index contributed by atoms with van der Waals surface area (Å²) in [5.41, 5.74) is -0.501. The zero-order valence-electron chi connectivity index (χ0n) is 9.96. The summed E-state index contributed by atoms with van der Waals surface area (Å²) < 4.78 is 4.61. The van der Waals surface area contributed by atoms with E-state index >= 15 is 0 Å². The Morgan fingerprint density at radius 2 is 2.06 bits per heavy atom. The molecule has 0 aliphatic heterocycles. The minimum atomic E-state index is -0.814. The van der Waals surface area contributed by atoms with Crippen LogP contribution in [0.4, 0.5) is 0 Å². The molecule has 0 bridgehead atoms. The third kappa shape index (κ3) is 3.42. The van der Waals surface area contributed by atoms with E-state index in [0.717, 1.165) is 0 Å². The molecular formula is C11H17NO4. The second-order valence-corrected chi connectivity index (χ2v) is 2.76. The van der Waals surface area contributed by atoms with Gasteiger partial charge < -0.3 is 14.8 Å². The predicted molar refractivity (Wildman–Crippen MR) is 60.8 cm³/mol. The molecule has 0 unspecified atom stereocenters. The number of hydrogen-bond donors (Lipinski definition) is 2. The maximum absolute atomic E-state index is 11.3. The van der Waals surface area contributed by atoms with E-state index in [1.54, 1.807) is 13.8 Å². The van der Waals surface area contributed by atoms with Crippen LogP contribution in [0.15, 0.2) is 10.9 Å². The number of aryl methyl sites for hydroxylation is 1. The predicted octanol–water partition coefficient (Wildman–Crippen LogP) is 1.59. The summed E-state index contributed by atoms with van der Waals surface area (Å²) in [5, 5.41) is 9.35. The first-order valence-corrected chi connectivity index (χ1v) is 5.16. The number of carbonyl (C=O) groups excluding carboxylic acids is 1. The van der Waals surface area contributed by atoms with Gasteiger partial charge in [0.25, 0.3) is 5.56 Å². The number of aromatic amines is 1. The molecule has 1 aromatic rings. The number of ether oxygens (including phenoxy) is 1. The van der Waals surface area contributed by atoms with Crippen LogP contribution in [0.2, 0.25) is 0 Å². The van der Waals surface area contributed by atoms with E-state index in [1.165, 1.54) is 6.07 Å². The highest BCUT2D eigenvalue weighted by molar-refractivity contribution is 5.91. The van der Waals surface area contributed by atoms with Gasteiger partial charge in [-0.2, -0.15) is 0 Å². The molecule has 5 nitrogen and oxygen atoms in total. The molecule has 2 N–H and O–H groups in total. The molecule has 1 heterocycles. The lowest BCUT2D eigenvalue weighted by Crippen LogP contribution is -2.20. The Bertz CT molecular complexity index is 409. The number of esters is 1. The molecule has 5 heteroatoms. The number of carbonyl (C=O) groups is 1. The molecular weight excluding hydrogens is 210 g/mol. The van der Waals surface area contributed by atoms with Gasteiger partial charge in [-0.05, 0) is 13.8 Å². The lowest BCUT2D eigenvalue weighted by atomic mass is 10.2. The topological polar surface area (TPSA) is 79.4 Å². The molecule has 0 saturated carbocycles. The van der Waals surface area contributed by atoms with Gasteiger partial charge in [-0.3, -0.25) is 4.79 Å². The van der Waals surface area contributed by atoms with Crippen LogP contribution in [-0.4, -0.2) is 22.7 Å². The van der Waals surface area contributed by atoms with Gasteiger partial charge in [0.2, 0.25) is 0 Å². The zero-order chi connectivity index (χ0) is 12.7. The lowest BCUT2D eigenvalue weighted by molar-refractivity contribution is 0.0521. The minimum absolute atomic E-state index is 0.158. The molecule has 1 aromatic heterocycles. The van der Waals surface area contributed by atoms with Crippen molar-refractivity contribution in [3.05, 3.63) is 27.7 Å². The van der Waals surface area contributed by atoms with Crippen LogP contribution in [0, 0.1) is 6.92 Å². The summed E-state index contributed by atoms with van der Waals surface area (Å²) in [4.78, 5) is 24.9. The maximum Gasteiger partial charge on any atom is 0.347 e. The number of nitrogens with one attached hydrogen (secondary N) is 1. The zero-order valence-corrected chi connectivity index (χ0v) is 9.96. The summed E-state index contributed by atoms with van der Waals surface area (Å²) in [6, 6.07) is 1.30. The number of pyridine rings is 1. The van der Waals surface area contributed by atoms with Gasteiger partial charge in [-0.25, -0.2) is 4.79 Å². The Kier molecular flexibility index (Phi) is 5.92. The van der Waals surface area contributed by atoms with Crippen LogP contribution in [0.3, 0.4) is 0 Å². The van der Waals surface area contributed by atoms with Gasteiger partial charge in [-0.15, -0.1) is 0 Å². The fourth-order valence-corrected chi connectivity index (χ4v) is 1.07. The smallest absolute Gasteiger partial charge is 0.347 e. The molecule has 0 saturated heterocycles. The summed E-state index contributed by atoms with van der Waals surface area (Å²) in [6.07, 6.45) is 0. The number of aromatic nitrogens is 1. The summed E-state index contributed by atoms with van der Waals surface area (Å²) >= 11 is 0. The molecule has 0 aliphatic carbocycles. The van der Waals surface area contributed by atoms with Crippen molar-refractivity contribution in [1.29, 1.82) is 0 Å². The average Bonchev–Trinajstić information content (AvgIpc) is 2.19. The van der Waals surface area contributed by atoms with Crippen LogP contribution < -0.4 is 5.56 Å². The quantitative estimate of drug-likeness (QED) is 0.752. The second kappa shape index (κ2) is 6.66. The molecule has 0 radical (unpaired) electrons. The van der Waals surface area contributed by atoms with E-state index in [0.29, 0.717) is 5.69 Å². The Balaban J connectivity index is 0.00000106. The average molecular weight is 227 g/mol. The van der Waals surface area contributed by atoms with Crippen LogP contribution in [0.5, 0.6) is 5.75 Å². The Morgan fingerprint density at radius 3 is 2.50 bits per heavy atom. The SMILES string of the molecule is CC.CCOC(=O)c1c(O)cc(C)[nH]c1=O. The third-order valence-corrected chi connectivity index (χ3v) is 1.63. The van der Waals surface area contributed by atoms with E-state index in [1.807, 2.05) is 13.8 Å². The van der Waals surface area contributed by atoms with Crippen molar-refractivity contribution in [3.63, 3.8) is 0 Å². The van der Waals surface area contributed by atoms with Crippen LogP contribution >= 0.6 is 0 Å². The number of H-pyrrole nitrogens is 1. The van der Waals surface area contributed by atoms with E-state index in [2.05, 4.69) is 9.72 Å². The largest absolute Gasteiger partial charge is 0.507 e. The van der Waals surface area contributed by atoms with Gasteiger partial charge in [0.1, 0.15) is 5.75 Å². The van der Waals surface area contributed by atoms with E-state index in [4.69, 9.17) is 0 Å². The number of hydrogen-bond acceptors (Lipinski definition) is 4. The first-order chi connectivity index (χ1) is 7.56. The Morgan fingerprint density at radius 1 is 1.50 bits per heavy atom. The molecule has 0 amide bonds. The fourth-order valence-electron chi connectivity index (χ4n) is 1.07. The number of aromatic hydroxyl groups is 1. The Hall–Kier alpha value is -1.78. The first-order valence-electron chi connectivity index (χ1n) is 5.16. The van der Waals surface area contributed by atoms with E-state index in [-0.39, 0.29) is 17.9 Å². The molecule has 0 aromatic carbocycles. The van der Waals surface area contributed by atoms with Crippen molar-refractivity contribution >= 4 is 5.97 Å². The Labute approximate surface area is 94.1 Å². The van der Waals surface area contributed by atoms with E-state index < -0.39 is 11.5 Å². The van der Waals surface area contributed by atoms with Crippen molar-refractivity contribution in [2.75, 3.05) is 6.61 Å². The van der Waals surface area contributed by atoms with Crippen molar-refractivity contribution in [2.45, 2.75) is 27.7 Å². The second-order valence-electron chi connectivity index (χ2n) is 2.76. The van der Waals surface area contributed by atoms with Crippen LogP contribution in [0.1, 0.15) is 36.8 Å². The van der Waals surface area contributed by atoms with Gasteiger partial charge in [0.05, 0.1) is 6.61 Å². The van der Waals surface area contributed by atoms with Crippen molar-refractivity contribution in [1.82, 2.24) is 4.98 Å². The van der Waals surface area contributed by atoms with Gasteiger partial charge in [0, 0.05) is 11.8 Å². The third-order valence-electron chi connectivity index (χ3n) is 1.63. The highest BCUT2D eigenvalue weighted by Crippen LogP contribution is 2.13. The number of rotatable bonds is 2. The highest BCUT2D eigenvalue weighted by Gasteiger charge is 2.17. The van der Waals surface area contributed by atoms with Crippen molar-refractivity contribution in [3.8, 4) is 5.75 Å². The molecule has 16 heavy (non-hydrogen) atoms. The molecule has 90 valence electrons. The fraction of sp³-hybridized carbons (Fsp3) is 0.455. The van der Waals surface area contributed by atoms with Crippen LogP contribution in [-0.2, 0) is 4.74 Å². The highest BCUT2D eigenvalue weighted by atomic mass is 16.5.